The van der Waals surface area contributed by atoms with Crippen molar-refractivity contribution in [3.05, 3.63) is 0 Å². The lowest BCUT2D eigenvalue weighted by Crippen LogP contribution is -2.48. The van der Waals surface area contributed by atoms with E-state index in [2.05, 4.69) is 6.92 Å². The number of aliphatic hydroxyl groups excluding tert-OH is 1. The monoisotopic (exact) mass is 225 g/mol. The second-order valence-electron chi connectivity index (χ2n) is 5.45. The van der Waals surface area contributed by atoms with E-state index < -0.39 is 0 Å². The van der Waals surface area contributed by atoms with Gasteiger partial charge in [0, 0.05) is 19.0 Å². The number of hydrogen-bond acceptors (Lipinski definition) is 2. The van der Waals surface area contributed by atoms with Crippen molar-refractivity contribution in [3.63, 3.8) is 0 Å². The first kappa shape index (κ1) is 11.9. The summed E-state index contributed by atoms with van der Waals surface area (Å²) in [6.07, 6.45) is 6.42. The first-order valence-electron chi connectivity index (χ1n) is 6.65. The first-order chi connectivity index (χ1) is 7.68. The summed E-state index contributed by atoms with van der Waals surface area (Å²) in [5, 5.41) is 9.80. The topological polar surface area (TPSA) is 40.5 Å². The van der Waals surface area contributed by atoms with Crippen molar-refractivity contribution in [1.82, 2.24) is 4.90 Å². The molecule has 0 aromatic heterocycles. The third kappa shape index (κ3) is 2.57. The van der Waals surface area contributed by atoms with Crippen molar-refractivity contribution in [2.75, 3.05) is 13.1 Å². The number of piperidine rings is 1. The molecule has 2 atom stereocenters. The minimum atomic E-state index is -0.318. The van der Waals surface area contributed by atoms with E-state index in [4.69, 9.17) is 0 Å². The molecule has 0 radical (unpaired) electrons. The van der Waals surface area contributed by atoms with Gasteiger partial charge in [-0.3, -0.25) is 4.79 Å². The summed E-state index contributed by atoms with van der Waals surface area (Å²) in [7, 11) is 0. The van der Waals surface area contributed by atoms with E-state index in [-0.39, 0.29) is 12.0 Å². The van der Waals surface area contributed by atoms with Crippen LogP contribution in [0.25, 0.3) is 0 Å². The molecule has 1 aliphatic carbocycles. The van der Waals surface area contributed by atoms with Crippen LogP contribution in [0.5, 0.6) is 0 Å². The summed E-state index contributed by atoms with van der Waals surface area (Å²) in [4.78, 5) is 14.1. The van der Waals surface area contributed by atoms with Crippen LogP contribution in [0.4, 0.5) is 0 Å². The van der Waals surface area contributed by atoms with Gasteiger partial charge in [0.1, 0.15) is 0 Å². The Bertz CT molecular complexity index is 248. The zero-order chi connectivity index (χ0) is 11.5. The van der Waals surface area contributed by atoms with Gasteiger partial charge in [-0.2, -0.15) is 0 Å². The number of carbonyl (C=O) groups excluding carboxylic acids is 1. The smallest absolute Gasteiger partial charge is 0.225 e. The molecule has 1 saturated heterocycles. The second kappa shape index (κ2) is 5.17. The Labute approximate surface area is 97.8 Å². The van der Waals surface area contributed by atoms with E-state index in [0.29, 0.717) is 18.4 Å². The fourth-order valence-corrected chi connectivity index (χ4v) is 2.86. The van der Waals surface area contributed by atoms with Crippen molar-refractivity contribution < 1.29 is 9.90 Å². The van der Waals surface area contributed by atoms with Crippen molar-refractivity contribution >= 4 is 5.91 Å². The maximum atomic E-state index is 12.2. The van der Waals surface area contributed by atoms with E-state index in [1.165, 1.54) is 19.3 Å². The van der Waals surface area contributed by atoms with Crippen molar-refractivity contribution in [2.24, 2.45) is 11.8 Å². The molecule has 1 aliphatic heterocycles. The van der Waals surface area contributed by atoms with Crippen LogP contribution < -0.4 is 0 Å². The number of aliphatic hydroxyl groups is 1. The quantitative estimate of drug-likeness (QED) is 0.739. The standard InChI is InChI=1S/C13H23NO2/c1-10-7-8-14(9-12(10)15)13(16)11-5-3-2-4-6-11/h10-12,15H,2-9H2,1H3. The van der Waals surface area contributed by atoms with Gasteiger partial charge in [-0.05, 0) is 25.2 Å². The summed E-state index contributed by atoms with van der Waals surface area (Å²) in [5.74, 6) is 0.885. The molecular formula is C13H23NO2. The van der Waals surface area contributed by atoms with Gasteiger partial charge in [0.05, 0.1) is 6.10 Å². The average molecular weight is 225 g/mol. The first-order valence-corrected chi connectivity index (χ1v) is 6.65. The third-order valence-corrected chi connectivity index (χ3v) is 4.18. The lowest BCUT2D eigenvalue weighted by molar-refractivity contribution is -0.140. The molecule has 0 spiro atoms. The molecule has 2 aliphatic rings. The van der Waals surface area contributed by atoms with Crippen molar-refractivity contribution in [1.29, 1.82) is 0 Å². The minimum absolute atomic E-state index is 0.245. The molecule has 3 nitrogen and oxygen atoms in total. The van der Waals surface area contributed by atoms with Crippen LogP contribution in [0.15, 0.2) is 0 Å². The van der Waals surface area contributed by atoms with E-state index in [1.54, 1.807) is 0 Å². The minimum Gasteiger partial charge on any atom is -0.391 e. The van der Waals surface area contributed by atoms with Crippen LogP contribution in [-0.4, -0.2) is 35.1 Å². The van der Waals surface area contributed by atoms with E-state index >= 15 is 0 Å². The average Bonchev–Trinajstić information content (AvgIpc) is 2.33. The third-order valence-electron chi connectivity index (χ3n) is 4.18. The fourth-order valence-electron chi connectivity index (χ4n) is 2.86. The number of amides is 1. The Morgan fingerprint density at radius 3 is 2.50 bits per heavy atom. The second-order valence-corrected chi connectivity index (χ2v) is 5.45. The summed E-state index contributed by atoms with van der Waals surface area (Å²) >= 11 is 0. The highest BCUT2D eigenvalue weighted by Crippen LogP contribution is 2.27. The van der Waals surface area contributed by atoms with E-state index in [0.717, 1.165) is 25.8 Å². The number of carbonyl (C=O) groups is 1. The summed E-state index contributed by atoms with van der Waals surface area (Å²) in [5.41, 5.74) is 0. The number of rotatable bonds is 1. The molecule has 1 amide bonds. The van der Waals surface area contributed by atoms with Crippen LogP contribution >= 0.6 is 0 Å². The van der Waals surface area contributed by atoms with E-state index in [9.17, 15) is 9.90 Å². The Morgan fingerprint density at radius 1 is 1.19 bits per heavy atom. The lowest BCUT2D eigenvalue weighted by atomic mass is 9.87. The van der Waals surface area contributed by atoms with Gasteiger partial charge in [-0.25, -0.2) is 0 Å². The zero-order valence-corrected chi connectivity index (χ0v) is 10.2. The Kier molecular flexibility index (Phi) is 3.85. The maximum absolute atomic E-state index is 12.2. The molecule has 3 heteroatoms. The van der Waals surface area contributed by atoms with Crippen molar-refractivity contribution in [2.45, 2.75) is 51.6 Å². The number of likely N-dealkylation sites (tertiary alicyclic amines) is 1. The van der Waals surface area contributed by atoms with Gasteiger partial charge in [0.2, 0.25) is 5.91 Å². The molecule has 0 bridgehead atoms. The van der Waals surface area contributed by atoms with E-state index in [1.807, 2.05) is 4.90 Å². The summed E-state index contributed by atoms with van der Waals surface area (Å²) in [6.45, 7) is 3.46. The van der Waals surface area contributed by atoms with Gasteiger partial charge in [-0.1, -0.05) is 26.2 Å². The number of hydrogen-bond donors (Lipinski definition) is 1. The molecule has 2 unspecified atom stereocenters. The van der Waals surface area contributed by atoms with Crippen LogP contribution in [0, 0.1) is 11.8 Å². The Hall–Kier alpha value is -0.570. The van der Waals surface area contributed by atoms with Gasteiger partial charge in [-0.15, -0.1) is 0 Å². The molecule has 1 saturated carbocycles. The molecule has 0 aromatic carbocycles. The SMILES string of the molecule is CC1CCN(C(=O)C2CCCCC2)CC1O. The molecule has 0 aromatic rings. The predicted octanol–water partition coefficient (Wildman–Crippen LogP) is 1.80. The number of β-amino-alcohol motifs (C(OH)–C–C–N with tert-alkyl or cyclic N) is 1. The molecule has 2 rings (SSSR count). The predicted molar refractivity (Wildman–Crippen MR) is 62.9 cm³/mol. The molecule has 1 heterocycles. The molecule has 16 heavy (non-hydrogen) atoms. The lowest BCUT2D eigenvalue weighted by Gasteiger charge is -2.37. The van der Waals surface area contributed by atoms with Gasteiger partial charge < -0.3 is 10.0 Å². The summed E-state index contributed by atoms with van der Waals surface area (Å²) in [6, 6.07) is 0. The van der Waals surface area contributed by atoms with Gasteiger partial charge in [0.15, 0.2) is 0 Å². The zero-order valence-electron chi connectivity index (χ0n) is 10.2. The van der Waals surface area contributed by atoms with Gasteiger partial charge >= 0.3 is 0 Å². The van der Waals surface area contributed by atoms with Crippen molar-refractivity contribution in [3.8, 4) is 0 Å². The van der Waals surface area contributed by atoms with Gasteiger partial charge in [0.25, 0.3) is 0 Å². The normalized spacial score (nSPS) is 32.8. The maximum Gasteiger partial charge on any atom is 0.225 e. The molecule has 2 fully saturated rings. The highest BCUT2D eigenvalue weighted by Gasteiger charge is 2.31. The van der Waals surface area contributed by atoms with Crippen LogP contribution in [0.1, 0.15) is 45.4 Å². The molecule has 1 N–H and O–H groups in total. The van der Waals surface area contributed by atoms with Crippen LogP contribution in [0.2, 0.25) is 0 Å². The van der Waals surface area contributed by atoms with Crippen LogP contribution in [0.3, 0.4) is 0 Å². The largest absolute Gasteiger partial charge is 0.391 e. The number of nitrogens with zero attached hydrogens (tertiary/aromatic N) is 1. The molecule has 92 valence electrons. The highest BCUT2D eigenvalue weighted by atomic mass is 16.3. The summed E-state index contributed by atoms with van der Waals surface area (Å²) < 4.78 is 0. The Morgan fingerprint density at radius 2 is 1.88 bits per heavy atom. The highest BCUT2D eigenvalue weighted by molar-refractivity contribution is 5.79. The Balaban J connectivity index is 1.89. The van der Waals surface area contributed by atoms with Crippen LogP contribution in [-0.2, 0) is 4.79 Å². The molecular weight excluding hydrogens is 202 g/mol. The fraction of sp³-hybridized carbons (Fsp3) is 0.923.